The minimum atomic E-state index is -0.610. The fraction of sp³-hybridized carbons (Fsp3) is 0.952. The van der Waals surface area contributed by atoms with Crippen LogP contribution >= 0.6 is 0 Å². The van der Waals surface area contributed by atoms with Gasteiger partial charge in [-0.3, -0.25) is 4.79 Å². The Bertz CT molecular complexity index is 772. The Morgan fingerprint density at radius 1 is 0.800 bits per heavy atom. The summed E-state index contributed by atoms with van der Waals surface area (Å²) >= 11 is 0. The van der Waals surface area contributed by atoms with Gasteiger partial charge in [-0.15, -0.1) is 0 Å². The van der Waals surface area contributed by atoms with Crippen molar-refractivity contribution in [2.45, 2.75) is 43.7 Å². The topological polar surface area (TPSA) is 44.8 Å². The van der Waals surface area contributed by atoms with E-state index in [-0.39, 0.29) is 5.97 Å². The first-order chi connectivity index (χ1) is 12.3. The van der Waals surface area contributed by atoms with Gasteiger partial charge >= 0.3 is 5.97 Å². The van der Waals surface area contributed by atoms with Gasteiger partial charge in [-0.05, 0) is 84.9 Å². The third-order valence-corrected chi connectivity index (χ3v) is 11.5. The van der Waals surface area contributed by atoms with Gasteiger partial charge in [0.25, 0.3) is 0 Å². The molecule has 10 fully saturated rings. The Balaban J connectivity index is 1.45. The van der Waals surface area contributed by atoms with E-state index in [1.165, 1.54) is 25.7 Å². The van der Waals surface area contributed by atoms with Crippen molar-refractivity contribution in [2.75, 3.05) is 7.11 Å². The zero-order chi connectivity index (χ0) is 16.0. The molecule has 4 nitrogen and oxygen atoms in total. The third kappa shape index (κ3) is 0.818. The van der Waals surface area contributed by atoms with Gasteiger partial charge in [-0.25, -0.2) is 0 Å². The van der Waals surface area contributed by atoms with Crippen LogP contribution in [-0.2, 0) is 19.0 Å². The van der Waals surface area contributed by atoms with E-state index in [1.807, 2.05) is 0 Å². The normalized spacial score (nSPS) is 78.5. The van der Waals surface area contributed by atoms with E-state index < -0.39 is 11.2 Å². The number of rotatable bonds is 1. The second-order valence-electron chi connectivity index (χ2n) is 10.9. The Labute approximate surface area is 146 Å². The van der Waals surface area contributed by atoms with E-state index in [2.05, 4.69) is 0 Å². The third-order valence-electron chi connectivity index (χ3n) is 11.5. The molecule has 2 aliphatic heterocycles. The minimum Gasteiger partial charge on any atom is -0.468 e. The molecule has 0 unspecified atom stereocenters. The van der Waals surface area contributed by atoms with Crippen LogP contribution in [0.5, 0.6) is 0 Å². The molecule has 0 N–H and O–H groups in total. The lowest BCUT2D eigenvalue weighted by Crippen LogP contribution is -2.75. The lowest BCUT2D eigenvalue weighted by Gasteiger charge is -2.64. The lowest BCUT2D eigenvalue weighted by atomic mass is 9.51. The van der Waals surface area contributed by atoms with Gasteiger partial charge in [-0.2, -0.15) is 0 Å². The van der Waals surface area contributed by atoms with Crippen molar-refractivity contribution in [3.63, 3.8) is 0 Å². The van der Waals surface area contributed by atoms with Crippen molar-refractivity contribution in [3.05, 3.63) is 0 Å². The predicted octanol–water partition coefficient (Wildman–Crippen LogP) is 2.07. The van der Waals surface area contributed by atoms with Crippen LogP contribution in [0.15, 0.2) is 0 Å². The van der Waals surface area contributed by atoms with Gasteiger partial charge in [0.2, 0.25) is 0 Å². The van der Waals surface area contributed by atoms with Crippen LogP contribution in [0.4, 0.5) is 0 Å². The van der Waals surface area contributed by atoms with Crippen LogP contribution in [0.1, 0.15) is 25.7 Å². The van der Waals surface area contributed by atoms with E-state index in [4.69, 9.17) is 14.2 Å². The number of esters is 1. The molecule has 25 heavy (non-hydrogen) atoms. The van der Waals surface area contributed by atoms with Crippen LogP contribution in [-0.4, -0.2) is 31.1 Å². The maximum Gasteiger partial charge on any atom is 0.317 e. The van der Waals surface area contributed by atoms with Crippen LogP contribution in [0.3, 0.4) is 0 Å². The molecule has 2 heterocycles. The zero-order valence-electron chi connectivity index (χ0n) is 14.5. The fourth-order valence-corrected chi connectivity index (χ4v) is 12.1. The molecule has 2 saturated heterocycles. The number of hydrogen-bond acceptors (Lipinski definition) is 4. The summed E-state index contributed by atoms with van der Waals surface area (Å²) in [6, 6.07) is 0. The molecule has 10 aliphatic rings. The van der Waals surface area contributed by atoms with E-state index in [0.29, 0.717) is 41.8 Å². The molecule has 15 atom stereocenters. The second-order valence-corrected chi connectivity index (χ2v) is 10.9. The molecular weight excluding hydrogens is 316 g/mol. The SMILES string of the molecule is COC(=O)[C@]12[C@H]3[C@@H]4[C@H]5[C@H]6[C@@H]7[C@@H](CC[C@@H]7O[C@@]17O[C@@H]1CC[C@@H]([C@H]31)[C@@H]4[C@@H]67)[C@@H]52. The van der Waals surface area contributed by atoms with Crippen molar-refractivity contribution in [2.24, 2.45) is 70.5 Å². The van der Waals surface area contributed by atoms with E-state index >= 15 is 0 Å². The summed E-state index contributed by atoms with van der Waals surface area (Å²) in [6.45, 7) is 0. The van der Waals surface area contributed by atoms with Gasteiger partial charge < -0.3 is 14.2 Å². The quantitative estimate of drug-likeness (QED) is 0.686. The first-order valence-corrected chi connectivity index (χ1v) is 10.7. The summed E-state index contributed by atoms with van der Waals surface area (Å²) < 4.78 is 19.6. The molecular formula is C21H24O4. The van der Waals surface area contributed by atoms with E-state index in [9.17, 15) is 4.79 Å². The Morgan fingerprint density at radius 2 is 1.48 bits per heavy atom. The molecule has 0 aromatic carbocycles. The number of carbonyl (C=O) groups is 1. The first kappa shape index (κ1) is 12.7. The van der Waals surface area contributed by atoms with Crippen LogP contribution in [0.25, 0.3) is 0 Å². The lowest BCUT2D eigenvalue weighted by molar-refractivity contribution is -0.420. The maximum absolute atomic E-state index is 13.6. The number of carbonyl (C=O) groups excluding carboxylic acids is 1. The summed E-state index contributed by atoms with van der Waals surface area (Å²) in [5.74, 6) is 6.98. The fourth-order valence-electron chi connectivity index (χ4n) is 12.1. The molecule has 8 aliphatic carbocycles. The average Bonchev–Trinajstić information content (AvgIpc) is 3.32. The van der Waals surface area contributed by atoms with Gasteiger partial charge in [0.05, 0.1) is 19.3 Å². The van der Waals surface area contributed by atoms with Crippen molar-refractivity contribution >= 4 is 5.97 Å². The Morgan fingerprint density at radius 3 is 2.28 bits per heavy atom. The summed E-state index contributed by atoms with van der Waals surface area (Å²) in [5.41, 5.74) is -0.455. The average molecular weight is 340 g/mol. The molecule has 9 bridgehead atoms. The molecule has 1 spiro atoms. The van der Waals surface area contributed by atoms with Crippen molar-refractivity contribution in [1.82, 2.24) is 0 Å². The van der Waals surface area contributed by atoms with Crippen LogP contribution in [0, 0.1) is 70.5 Å². The zero-order valence-corrected chi connectivity index (χ0v) is 14.5. The Kier molecular flexibility index (Phi) is 1.64. The predicted molar refractivity (Wildman–Crippen MR) is 83.8 cm³/mol. The van der Waals surface area contributed by atoms with E-state index in [1.54, 1.807) is 7.11 Å². The standard InChI is InChI=1S/C21H24O4/c1-23-19(22)20-16-7-3-5-8-10(7)13-15(16)14-12-6-2-4-9(11(6)17(14)20)25-21(20,24-8)18(12)13/h6-18H,2-5H2,1H3/t6-,7+,8-,9+,10+,11-,12-,13+,14-,15+,16-,17+,18-,20-,21-/m0/s1. The largest absolute Gasteiger partial charge is 0.468 e. The minimum absolute atomic E-state index is 0.0381. The highest BCUT2D eigenvalue weighted by Crippen LogP contribution is 2.94. The number of hydrogen-bond donors (Lipinski definition) is 0. The molecule has 132 valence electrons. The van der Waals surface area contributed by atoms with Gasteiger partial charge in [-0.1, -0.05) is 0 Å². The van der Waals surface area contributed by atoms with Crippen molar-refractivity contribution in [1.29, 1.82) is 0 Å². The summed E-state index contributed by atoms with van der Waals surface area (Å²) in [4.78, 5) is 13.6. The van der Waals surface area contributed by atoms with Gasteiger partial charge in [0.15, 0.2) is 5.79 Å². The molecule has 0 aromatic heterocycles. The maximum atomic E-state index is 13.6. The summed E-state index contributed by atoms with van der Waals surface area (Å²) in [6.07, 6.45) is 5.71. The van der Waals surface area contributed by atoms with Gasteiger partial charge in [0.1, 0.15) is 5.41 Å². The molecule has 10 rings (SSSR count). The molecule has 0 radical (unpaired) electrons. The molecule has 0 aromatic rings. The van der Waals surface area contributed by atoms with Gasteiger partial charge in [0, 0.05) is 5.92 Å². The second kappa shape index (κ2) is 3.22. The molecule has 0 amide bonds. The van der Waals surface area contributed by atoms with Crippen molar-refractivity contribution < 1.29 is 19.0 Å². The highest BCUT2D eigenvalue weighted by molar-refractivity contribution is 5.82. The number of ether oxygens (including phenoxy) is 3. The van der Waals surface area contributed by atoms with Crippen LogP contribution < -0.4 is 0 Å². The smallest absolute Gasteiger partial charge is 0.317 e. The first-order valence-electron chi connectivity index (χ1n) is 10.7. The highest BCUT2D eigenvalue weighted by atomic mass is 16.7. The van der Waals surface area contributed by atoms with Crippen molar-refractivity contribution in [3.8, 4) is 0 Å². The summed E-state index contributed by atoms with van der Waals surface area (Å²) in [5, 5.41) is 0. The molecule has 8 saturated carbocycles. The Hall–Kier alpha value is -0.610. The monoisotopic (exact) mass is 340 g/mol. The number of methoxy groups -OCH3 is 1. The highest BCUT2D eigenvalue weighted by Gasteiger charge is 2.99. The summed E-state index contributed by atoms with van der Waals surface area (Å²) in [7, 11) is 1.60. The van der Waals surface area contributed by atoms with Crippen LogP contribution in [0.2, 0.25) is 0 Å². The van der Waals surface area contributed by atoms with E-state index in [0.717, 1.165) is 35.5 Å². The molecule has 4 heteroatoms.